The molecule has 0 radical (unpaired) electrons. The molecule has 5 rings (SSSR count). The molecule has 212 valence electrons. The first kappa shape index (κ1) is 29.0. The normalized spacial score (nSPS) is 19.6. The van der Waals surface area contributed by atoms with E-state index in [0.717, 1.165) is 21.0 Å². The molecule has 41 heavy (non-hydrogen) atoms. The Hall–Kier alpha value is -3.53. The van der Waals surface area contributed by atoms with Gasteiger partial charge < -0.3 is 10.5 Å². The van der Waals surface area contributed by atoms with Crippen LogP contribution >= 0.6 is 7.67 Å². The smallest absolute Gasteiger partial charge is 0.378 e. The van der Waals surface area contributed by atoms with Gasteiger partial charge >= 0.3 is 13.4 Å². The second-order valence-electron chi connectivity index (χ2n) is 10.4. The van der Waals surface area contributed by atoms with Crippen LogP contribution in [-0.4, -0.2) is 72.6 Å². The van der Waals surface area contributed by atoms with Gasteiger partial charge in [0.25, 0.3) is 0 Å². The molecule has 0 spiro atoms. The molecule has 0 bridgehead atoms. The molecule has 1 aromatic heterocycles. The molecule has 4 aromatic rings. The van der Waals surface area contributed by atoms with Crippen LogP contribution in [0.3, 0.4) is 0 Å². The summed E-state index contributed by atoms with van der Waals surface area (Å²) in [5.41, 5.74) is 7.69. The van der Waals surface area contributed by atoms with Crippen LogP contribution < -0.4 is 11.4 Å². The summed E-state index contributed by atoms with van der Waals surface area (Å²) >= 11 is 0. The van der Waals surface area contributed by atoms with E-state index in [1.807, 2.05) is 26.0 Å². The molecule has 11 heteroatoms. The van der Waals surface area contributed by atoms with Crippen molar-refractivity contribution < 1.29 is 13.8 Å². The predicted molar refractivity (Wildman–Crippen MR) is 164 cm³/mol. The standard InChI is InChI=1S/C30H35BN5O4P/c1-34(2)41(38,36-19-18-28(32)33-29(36)37)39-22-26-20-35(21-27(31)40-26)30(23-12-6-3-7-13-23,24-14-8-4-9-15-24)25-16-10-5-11-17-25/h3-19,26-27H,20-22,31H2,1-2H3,(H2,32,33,37). The lowest BCUT2D eigenvalue weighted by atomic mass is 9.74. The first-order valence-corrected chi connectivity index (χ1v) is 15.1. The first-order chi connectivity index (χ1) is 19.7. The molecule has 1 fully saturated rings. The number of nitrogens with two attached hydrogens (primary N) is 1. The van der Waals surface area contributed by atoms with Crippen LogP contribution in [0.4, 0.5) is 5.82 Å². The Labute approximate surface area is 241 Å². The SMILES string of the molecule is BC1CN(C(c2ccccc2)(c2ccccc2)c2ccccc2)CC(COP(=O)(N(C)C)n2ccc(N)nc2=O)O1. The van der Waals surface area contributed by atoms with Crippen LogP contribution in [0.1, 0.15) is 16.7 Å². The third-order valence-corrected chi connectivity index (χ3v) is 9.73. The number of morpholine rings is 1. The van der Waals surface area contributed by atoms with E-state index >= 15 is 0 Å². The van der Waals surface area contributed by atoms with E-state index in [9.17, 15) is 9.36 Å². The summed E-state index contributed by atoms with van der Waals surface area (Å²) in [5.74, 6) is 0.0516. The van der Waals surface area contributed by atoms with Gasteiger partial charge in [0.1, 0.15) is 13.7 Å². The third kappa shape index (κ3) is 5.67. The molecule has 3 atom stereocenters. The Morgan fingerprint density at radius 2 is 1.46 bits per heavy atom. The van der Waals surface area contributed by atoms with E-state index in [1.165, 1.54) is 16.9 Å². The maximum Gasteiger partial charge on any atom is 0.378 e. The summed E-state index contributed by atoms with van der Waals surface area (Å²) in [5, 5.41) is 0. The fourth-order valence-electron chi connectivity index (χ4n) is 5.65. The van der Waals surface area contributed by atoms with Crippen molar-refractivity contribution in [2.45, 2.75) is 17.6 Å². The number of aromatic nitrogens is 2. The van der Waals surface area contributed by atoms with Crippen LogP contribution in [0.25, 0.3) is 0 Å². The maximum absolute atomic E-state index is 14.0. The van der Waals surface area contributed by atoms with E-state index in [0.29, 0.717) is 13.1 Å². The van der Waals surface area contributed by atoms with Gasteiger partial charge in [0.15, 0.2) is 0 Å². The number of hydrogen-bond acceptors (Lipinski definition) is 7. The topological polar surface area (TPSA) is 103 Å². The van der Waals surface area contributed by atoms with Crippen molar-refractivity contribution in [1.29, 1.82) is 0 Å². The summed E-state index contributed by atoms with van der Waals surface area (Å²) in [6, 6.07) is 32.7. The Bertz CT molecular complexity index is 1460. The van der Waals surface area contributed by atoms with E-state index in [-0.39, 0.29) is 18.4 Å². The molecule has 3 aromatic carbocycles. The summed E-state index contributed by atoms with van der Waals surface area (Å²) < 4.78 is 28.9. The first-order valence-electron chi connectivity index (χ1n) is 13.6. The zero-order chi connectivity index (χ0) is 29.0. The molecule has 0 aliphatic carbocycles. The van der Waals surface area contributed by atoms with E-state index in [4.69, 9.17) is 15.0 Å². The van der Waals surface area contributed by atoms with Crippen LogP contribution in [0.2, 0.25) is 0 Å². The molecular formula is C30H35BN5O4P. The summed E-state index contributed by atoms with van der Waals surface area (Å²) in [6.07, 6.45) is 0.924. The zero-order valence-corrected chi connectivity index (χ0v) is 24.4. The Morgan fingerprint density at radius 3 is 1.93 bits per heavy atom. The highest BCUT2D eigenvalue weighted by atomic mass is 31.2. The van der Waals surface area contributed by atoms with Gasteiger partial charge in [0.05, 0.1) is 18.2 Å². The lowest BCUT2D eigenvalue weighted by Gasteiger charge is -2.50. The Morgan fingerprint density at radius 1 is 0.951 bits per heavy atom. The number of benzene rings is 3. The minimum absolute atomic E-state index is 0.00155. The fourth-order valence-corrected chi connectivity index (χ4v) is 7.25. The van der Waals surface area contributed by atoms with Gasteiger partial charge in [-0.15, -0.1) is 0 Å². The molecule has 2 N–H and O–H groups in total. The van der Waals surface area contributed by atoms with Gasteiger partial charge in [-0.25, -0.2) is 18.4 Å². The Kier molecular flexibility index (Phi) is 8.59. The van der Waals surface area contributed by atoms with Crippen LogP contribution in [0.5, 0.6) is 0 Å². The number of nitrogen functional groups attached to an aromatic ring is 1. The third-order valence-electron chi connectivity index (χ3n) is 7.39. The van der Waals surface area contributed by atoms with E-state index < -0.39 is 25.0 Å². The van der Waals surface area contributed by atoms with Gasteiger partial charge in [-0.2, -0.15) is 4.98 Å². The lowest BCUT2D eigenvalue weighted by molar-refractivity contribution is -0.0875. The number of hydrogen-bond donors (Lipinski definition) is 1. The summed E-state index contributed by atoms with van der Waals surface area (Å²) in [7, 11) is 1.44. The average molecular weight is 571 g/mol. The maximum atomic E-state index is 14.0. The molecular weight excluding hydrogens is 536 g/mol. The van der Waals surface area contributed by atoms with Crippen molar-refractivity contribution in [3.05, 3.63) is 130 Å². The zero-order valence-electron chi connectivity index (χ0n) is 23.5. The second-order valence-corrected chi connectivity index (χ2v) is 12.9. The number of ether oxygens (including phenoxy) is 1. The Balaban J connectivity index is 1.54. The van der Waals surface area contributed by atoms with E-state index in [2.05, 4.69) is 82.7 Å². The van der Waals surface area contributed by atoms with Crippen molar-refractivity contribution in [2.75, 3.05) is 39.5 Å². The highest BCUT2D eigenvalue weighted by Crippen LogP contribution is 2.49. The molecule has 1 saturated heterocycles. The highest BCUT2D eigenvalue weighted by molar-refractivity contribution is 7.54. The van der Waals surface area contributed by atoms with Crippen molar-refractivity contribution in [3.63, 3.8) is 0 Å². The minimum atomic E-state index is -3.80. The highest BCUT2D eigenvalue weighted by Gasteiger charge is 2.45. The quantitative estimate of drug-likeness (QED) is 0.186. The van der Waals surface area contributed by atoms with Crippen molar-refractivity contribution in [2.24, 2.45) is 0 Å². The lowest BCUT2D eigenvalue weighted by Crippen LogP contribution is -2.58. The van der Waals surface area contributed by atoms with Gasteiger partial charge in [-0.1, -0.05) is 91.0 Å². The summed E-state index contributed by atoms with van der Waals surface area (Å²) in [4.78, 5) is 18.8. The van der Waals surface area contributed by atoms with Crippen LogP contribution in [0.15, 0.2) is 108 Å². The van der Waals surface area contributed by atoms with E-state index in [1.54, 1.807) is 14.1 Å². The van der Waals surface area contributed by atoms with Crippen LogP contribution in [-0.2, 0) is 19.4 Å². The number of rotatable bonds is 9. The largest absolute Gasteiger partial charge is 0.383 e. The van der Waals surface area contributed by atoms with Crippen molar-refractivity contribution in [1.82, 2.24) is 18.9 Å². The number of nitrogens with zero attached hydrogens (tertiary/aromatic N) is 4. The van der Waals surface area contributed by atoms with Gasteiger partial charge in [0.2, 0.25) is 0 Å². The number of anilines is 1. The average Bonchev–Trinajstić information content (AvgIpc) is 2.98. The molecule has 0 saturated carbocycles. The van der Waals surface area contributed by atoms with Gasteiger partial charge in [0, 0.05) is 25.3 Å². The fraction of sp³-hybridized carbons (Fsp3) is 0.267. The minimum Gasteiger partial charge on any atom is -0.383 e. The molecule has 0 amide bonds. The monoisotopic (exact) mass is 571 g/mol. The van der Waals surface area contributed by atoms with Gasteiger partial charge in [-0.3, -0.25) is 9.42 Å². The summed E-state index contributed by atoms with van der Waals surface area (Å²) in [6.45, 7) is 1.15. The predicted octanol–water partition coefficient (Wildman–Crippen LogP) is 3.01. The molecule has 9 nitrogen and oxygen atoms in total. The van der Waals surface area contributed by atoms with Crippen LogP contribution in [0, 0.1) is 0 Å². The molecule has 1 aliphatic rings. The molecule has 1 aliphatic heterocycles. The second kappa shape index (κ2) is 12.1. The van der Waals surface area contributed by atoms with Gasteiger partial charge in [-0.05, 0) is 36.9 Å². The molecule has 3 unspecified atom stereocenters. The molecule has 2 heterocycles. The van der Waals surface area contributed by atoms with Crippen molar-refractivity contribution >= 4 is 21.3 Å². The van der Waals surface area contributed by atoms with Crippen molar-refractivity contribution in [3.8, 4) is 0 Å².